The summed E-state index contributed by atoms with van der Waals surface area (Å²) in [5.74, 6) is -1.05. The van der Waals surface area contributed by atoms with E-state index in [0.29, 0.717) is 0 Å². The van der Waals surface area contributed by atoms with Crippen molar-refractivity contribution in [2.24, 2.45) is 0 Å². The second-order valence-corrected chi connectivity index (χ2v) is 8.21. The van der Waals surface area contributed by atoms with Crippen molar-refractivity contribution in [2.45, 2.75) is 33.2 Å². The maximum Gasteiger partial charge on any atom is 0.287 e. The number of likely N-dealkylation sites (N-methyl/N-ethyl adjacent to an activating group) is 1. The summed E-state index contributed by atoms with van der Waals surface area (Å²) >= 11 is 0. The van der Waals surface area contributed by atoms with Crippen LogP contribution in [-0.2, 0) is 16.0 Å². The second kappa shape index (κ2) is 10.6. The first-order valence-corrected chi connectivity index (χ1v) is 10.8. The Labute approximate surface area is 193 Å². The number of hydrogen-bond donors (Lipinski definition) is 2. The van der Waals surface area contributed by atoms with E-state index >= 15 is 0 Å². The topological polar surface area (TPSA) is 91.7 Å². The molecule has 0 saturated heterocycles. The van der Waals surface area contributed by atoms with Gasteiger partial charge in [0.25, 0.3) is 5.91 Å². The van der Waals surface area contributed by atoms with Crippen molar-refractivity contribution in [2.75, 3.05) is 18.9 Å². The molecule has 0 aliphatic carbocycles. The third-order valence-corrected chi connectivity index (χ3v) is 5.33. The van der Waals surface area contributed by atoms with Gasteiger partial charge in [0, 0.05) is 19.2 Å². The molecule has 3 aromatic rings. The Kier molecular flexibility index (Phi) is 7.66. The number of nitrogens with one attached hydrogen (secondary N) is 2. The van der Waals surface area contributed by atoms with E-state index in [1.807, 2.05) is 63.2 Å². The molecule has 0 aliphatic heterocycles. The van der Waals surface area contributed by atoms with E-state index < -0.39 is 11.9 Å². The van der Waals surface area contributed by atoms with Gasteiger partial charge in [-0.15, -0.1) is 0 Å². The lowest BCUT2D eigenvalue weighted by molar-refractivity contribution is -0.135. The van der Waals surface area contributed by atoms with Crippen molar-refractivity contribution in [3.63, 3.8) is 0 Å². The maximum absolute atomic E-state index is 13.2. The van der Waals surface area contributed by atoms with E-state index in [2.05, 4.69) is 10.6 Å². The van der Waals surface area contributed by atoms with Gasteiger partial charge in [0.05, 0.1) is 12.8 Å². The fourth-order valence-electron chi connectivity index (χ4n) is 3.80. The van der Waals surface area contributed by atoms with Crippen molar-refractivity contribution in [1.82, 2.24) is 10.2 Å². The van der Waals surface area contributed by atoms with Gasteiger partial charge in [-0.2, -0.15) is 0 Å². The number of anilines is 1. The zero-order valence-electron chi connectivity index (χ0n) is 19.3. The van der Waals surface area contributed by atoms with Crippen molar-refractivity contribution in [3.8, 4) is 0 Å². The molecule has 1 atom stereocenters. The Morgan fingerprint density at radius 3 is 2.24 bits per heavy atom. The standard InChI is InChI=1S/C26H29N3O4/c1-17-13-18(2)24(19(3)14-17)28-23(30)16-29(4)26(32)21(15-20-9-6-5-7-10-20)27-25(31)22-11-8-12-33-22/h5-14,21H,15-16H2,1-4H3,(H,27,31)(H,28,30). The Hall–Kier alpha value is -3.87. The van der Waals surface area contributed by atoms with Gasteiger partial charge >= 0.3 is 0 Å². The minimum absolute atomic E-state index is 0.117. The first-order chi connectivity index (χ1) is 15.7. The van der Waals surface area contributed by atoms with E-state index in [-0.39, 0.29) is 30.5 Å². The van der Waals surface area contributed by atoms with Crippen molar-refractivity contribution in [3.05, 3.63) is 88.9 Å². The van der Waals surface area contributed by atoms with Gasteiger partial charge in [-0.05, 0) is 49.6 Å². The van der Waals surface area contributed by atoms with Gasteiger partial charge < -0.3 is 20.0 Å². The van der Waals surface area contributed by atoms with Gasteiger partial charge in [0.1, 0.15) is 6.04 Å². The Balaban J connectivity index is 1.71. The number of carbonyl (C=O) groups is 3. The van der Waals surface area contributed by atoms with Crippen LogP contribution in [0.5, 0.6) is 0 Å². The average molecular weight is 448 g/mol. The molecule has 2 N–H and O–H groups in total. The highest BCUT2D eigenvalue weighted by atomic mass is 16.3. The second-order valence-electron chi connectivity index (χ2n) is 8.21. The minimum Gasteiger partial charge on any atom is -0.459 e. The summed E-state index contributed by atoms with van der Waals surface area (Å²) in [4.78, 5) is 39.8. The number of carbonyl (C=O) groups excluding carboxylic acids is 3. The number of benzene rings is 2. The van der Waals surface area contributed by atoms with E-state index in [0.717, 1.165) is 27.9 Å². The van der Waals surface area contributed by atoms with Crippen LogP contribution in [0.2, 0.25) is 0 Å². The highest BCUT2D eigenvalue weighted by molar-refractivity contribution is 5.98. The van der Waals surface area contributed by atoms with Gasteiger partial charge in [-0.1, -0.05) is 48.0 Å². The summed E-state index contributed by atoms with van der Waals surface area (Å²) in [7, 11) is 1.55. The lowest BCUT2D eigenvalue weighted by Gasteiger charge is -2.24. The summed E-state index contributed by atoms with van der Waals surface area (Å²) in [6, 6.07) is 15.7. The number of aryl methyl sites for hydroxylation is 3. The fourth-order valence-corrected chi connectivity index (χ4v) is 3.80. The molecule has 172 valence electrons. The molecular weight excluding hydrogens is 418 g/mol. The molecule has 33 heavy (non-hydrogen) atoms. The molecule has 1 heterocycles. The summed E-state index contributed by atoms with van der Waals surface area (Å²) in [5.41, 5.74) is 4.68. The van der Waals surface area contributed by atoms with Crippen LogP contribution in [-0.4, -0.2) is 42.3 Å². The van der Waals surface area contributed by atoms with Crippen LogP contribution in [0.1, 0.15) is 32.8 Å². The minimum atomic E-state index is -0.856. The summed E-state index contributed by atoms with van der Waals surface area (Å²) in [6.45, 7) is 5.73. The summed E-state index contributed by atoms with van der Waals surface area (Å²) < 4.78 is 5.15. The fraction of sp³-hybridized carbons (Fsp3) is 0.269. The molecule has 0 radical (unpaired) electrons. The third kappa shape index (κ3) is 6.32. The van der Waals surface area contributed by atoms with E-state index in [1.54, 1.807) is 13.1 Å². The van der Waals surface area contributed by atoms with Crippen LogP contribution in [0.15, 0.2) is 65.3 Å². The normalized spacial score (nSPS) is 11.5. The molecule has 3 amide bonds. The Morgan fingerprint density at radius 2 is 1.64 bits per heavy atom. The van der Waals surface area contributed by atoms with Crippen LogP contribution in [0.3, 0.4) is 0 Å². The average Bonchev–Trinajstić information content (AvgIpc) is 3.31. The van der Waals surface area contributed by atoms with Crippen LogP contribution >= 0.6 is 0 Å². The largest absolute Gasteiger partial charge is 0.459 e. The lowest BCUT2D eigenvalue weighted by atomic mass is 10.0. The predicted molar refractivity (Wildman–Crippen MR) is 127 cm³/mol. The first kappa shape index (κ1) is 23.8. The number of rotatable bonds is 8. The molecule has 0 bridgehead atoms. The number of hydrogen-bond acceptors (Lipinski definition) is 4. The van der Waals surface area contributed by atoms with Gasteiger partial charge in [0.15, 0.2) is 5.76 Å². The zero-order valence-corrected chi connectivity index (χ0v) is 19.3. The van der Waals surface area contributed by atoms with E-state index in [4.69, 9.17) is 4.42 Å². The van der Waals surface area contributed by atoms with Crippen LogP contribution in [0.4, 0.5) is 5.69 Å². The third-order valence-electron chi connectivity index (χ3n) is 5.33. The number of amides is 3. The molecule has 2 aromatic carbocycles. The van der Waals surface area contributed by atoms with Gasteiger partial charge in [0.2, 0.25) is 11.8 Å². The smallest absolute Gasteiger partial charge is 0.287 e. The van der Waals surface area contributed by atoms with E-state index in [1.165, 1.54) is 17.2 Å². The maximum atomic E-state index is 13.2. The lowest BCUT2D eigenvalue weighted by Crippen LogP contribution is -2.50. The number of nitrogens with zero attached hydrogens (tertiary/aromatic N) is 1. The first-order valence-electron chi connectivity index (χ1n) is 10.8. The Morgan fingerprint density at radius 1 is 0.970 bits per heavy atom. The molecule has 0 fully saturated rings. The van der Waals surface area contributed by atoms with Crippen LogP contribution < -0.4 is 10.6 Å². The molecule has 0 spiro atoms. The molecule has 3 rings (SSSR count). The molecule has 0 aliphatic rings. The molecule has 0 saturated carbocycles. The van der Waals surface area contributed by atoms with Crippen molar-refractivity contribution >= 4 is 23.4 Å². The van der Waals surface area contributed by atoms with Crippen molar-refractivity contribution < 1.29 is 18.8 Å². The molecule has 7 nitrogen and oxygen atoms in total. The van der Waals surface area contributed by atoms with Gasteiger partial charge in [-0.3, -0.25) is 14.4 Å². The summed E-state index contributed by atoms with van der Waals surface area (Å²) in [6.07, 6.45) is 1.68. The predicted octanol–water partition coefficient (Wildman–Crippen LogP) is 3.64. The Bertz CT molecular complexity index is 1100. The van der Waals surface area contributed by atoms with Crippen LogP contribution in [0.25, 0.3) is 0 Å². The van der Waals surface area contributed by atoms with Crippen molar-refractivity contribution in [1.29, 1.82) is 0 Å². The quantitative estimate of drug-likeness (QED) is 0.552. The van der Waals surface area contributed by atoms with Crippen LogP contribution in [0, 0.1) is 20.8 Å². The van der Waals surface area contributed by atoms with E-state index in [9.17, 15) is 14.4 Å². The summed E-state index contributed by atoms with van der Waals surface area (Å²) in [5, 5.41) is 5.65. The SMILES string of the molecule is Cc1cc(C)c(NC(=O)CN(C)C(=O)C(Cc2ccccc2)NC(=O)c2ccco2)c(C)c1. The highest BCUT2D eigenvalue weighted by Crippen LogP contribution is 2.21. The molecule has 1 unspecified atom stereocenters. The highest BCUT2D eigenvalue weighted by Gasteiger charge is 2.27. The molecular formula is C26H29N3O4. The molecule has 7 heteroatoms. The monoisotopic (exact) mass is 447 g/mol. The zero-order chi connectivity index (χ0) is 24.0. The number of furan rings is 1. The molecule has 1 aromatic heterocycles. The van der Waals surface area contributed by atoms with Gasteiger partial charge in [-0.25, -0.2) is 0 Å².